The predicted molar refractivity (Wildman–Crippen MR) is 92.9 cm³/mol. The van der Waals surface area contributed by atoms with E-state index in [4.69, 9.17) is 10.5 Å². The van der Waals surface area contributed by atoms with Crippen molar-refractivity contribution in [3.8, 4) is 5.75 Å². The van der Waals surface area contributed by atoms with Gasteiger partial charge in [-0.25, -0.2) is 4.63 Å². The summed E-state index contributed by atoms with van der Waals surface area (Å²) in [6.07, 6.45) is 3.43. The molecule has 24 heavy (non-hydrogen) atoms. The first-order chi connectivity index (χ1) is 11.7. The number of nitrogen functional groups attached to an aromatic ring is 1. The van der Waals surface area contributed by atoms with Gasteiger partial charge >= 0.3 is 0 Å². The van der Waals surface area contributed by atoms with Crippen LogP contribution in [0.3, 0.4) is 0 Å². The Morgan fingerprint density at radius 3 is 3.08 bits per heavy atom. The van der Waals surface area contributed by atoms with Crippen LogP contribution in [0.15, 0.2) is 28.9 Å². The lowest BCUT2D eigenvalue weighted by Crippen LogP contribution is -2.26. The lowest BCUT2D eigenvalue weighted by molar-refractivity contribution is 0.259. The summed E-state index contributed by atoms with van der Waals surface area (Å²) in [5.41, 5.74) is 6.88. The number of nitrogens with one attached hydrogen (secondary N) is 1. The number of hydrogen-bond acceptors (Lipinski definition) is 7. The van der Waals surface area contributed by atoms with Gasteiger partial charge in [-0.3, -0.25) is 4.90 Å². The van der Waals surface area contributed by atoms with E-state index in [1.807, 2.05) is 6.07 Å². The summed E-state index contributed by atoms with van der Waals surface area (Å²) >= 11 is 0. The minimum Gasteiger partial charge on any atom is -0.494 e. The Bertz CT molecular complexity index is 645. The van der Waals surface area contributed by atoms with Crippen LogP contribution in [0.4, 0.5) is 11.6 Å². The van der Waals surface area contributed by atoms with Crippen molar-refractivity contribution in [1.29, 1.82) is 0 Å². The van der Waals surface area contributed by atoms with Crippen LogP contribution < -0.4 is 15.8 Å². The quantitative estimate of drug-likeness (QED) is 0.718. The fraction of sp³-hybridized carbons (Fsp3) is 0.529. The normalized spacial score (nSPS) is 18.0. The zero-order valence-corrected chi connectivity index (χ0v) is 14.1. The van der Waals surface area contributed by atoms with Crippen LogP contribution in [-0.4, -0.2) is 41.0 Å². The van der Waals surface area contributed by atoms with Crippen molar-refractivity contribution in [2.24, 2.45) is 0 Å². The van der Waals surface area contributed by atoms with Crippen LogP contribution in [0, 0.1) is 0 Å². The molecule has 0 aliphatic carbocycles. The van der Waals surface area contributed by atoms with E-state index >= 15 is 0 Å². The molecule has 3 rings (SSSR count). The SMILES string of the molecule is CC1CCCN1Cc1cccc(OCCCNc2nonc2N)c1. The van der Waals surface area contributed by atoms with Crippen molar-refractivity contribution in [3.05, 3.63) is 29.8 Å². The van der Waals surface area contributed by atoms with Gasteiger partial charge in [-0.2, -0.15) is 0 Å². The van der Waals surface area contributed by atoms with Gasteiger partial charge in [0.2, 0.25) is 11.6 Å². The number of likely N-dealkylation sites (tertiary alicyclic amines) is 1. The first-order valence-corrected chi connectivity index (χ1v) is 8.50. The number of aromatic nitrogens is 2. The molecular formula is C17H25N5O2. The Kier molecular flexibility index (Phi) is 5.53. The Balaban J connectivity index is 1.40. The lowest BCUT2D eigenvalue weighted by atomic mass is 10.2. The van der Waals surface area contributed by atoms with Crippen molar-refractivity contribution in [3.63, 3.8) is 0 Å². The highest BCUT2D eigenvalue weighted by Gasteiger charge is 2.19. The summed E-state index contributed by atoms with van der Waals surface area (Å²) in [6, 6.07) is 9.05. The summed E-state index contributed by atoms with van der Waals surface area (Å²) in [4.78, 5) is 2.53. The molecule has 7 heteroatoms. The third-order valence-electron chi connectivity index (χ3n) is 4.37. The Hall–Kier alpha value is -2.28. The van der Waals surface area contributed by atoms with Crippen molar-refractivity contribution in [2.45, 2.75) is 38.8 Å². The molecule has 0 radical (unpaired) electrons. The zero-order valence-electron chi connectivity index (χ0n) is 14.1. The maximum absolute atomic E-state index is 5.84. The van der Waals surface area contributed by atoms with E-state index in [9.17, 15) is 0 Å². The summed E-state index contributed by atoms with van der Waals surface area (Å²) in [6.45, 7) is 5.82. The lowest BCUT2D eigenvalue weighted by Gasteiger charge is -2.21. The van der Waals surface area contributed by atoms with Gasteiger partial charge in [0.25, 0.3) is 0 Å². The summed E-state index contributed by atoms with van der Waals surface area (Å²) in [7, 11) is 0. The van der Waals surface area contributed by atoms with Gasteiger partial charge in [-0.15, -0.1) is 0 Å². The molecule has 7 nitrogen and oxygen atoms in total. The van der Waals surface area contributed by atoms with Crippen LogP contribution in [0.25, 0.3) is 0 Å². The molecule has 130 valence electrons. The monoisotopic (exact) mass is 331 g/mol. The molecule has 1 aromatic heterocycles. The molecule has 1 atom stereocenters. The molecule has 2 heterocycles. The Morgan fingerprint density at radius 1 is 1.42 bits per heavy atom. The standard InChI is InChI=1S/C17H25N5O2/c1-13-5-3-9-22(13)12-14-6-2-7-15(11-14)23-10-4-8-19-17-16(18)20-24-21-17/h2,6-7,11,13H,3-5,8-10,12H2,1H3,(H2,18,20)(H,19,21). The second-order valence-electron chi connectivity index (χ2n) is 6.24. The van der Waals surface area contributed by atoms with Crippen LogP contribution in [0.2, 0.25) is 0 Å². The van der Waals surface area contributed by atoms with Crippen LogP contribution >= 0.6 is 0 Å². The van der Waals surface area contributed by atoms with Crippen LogP contribution in [0.1, 0.15) is 31.7 Å². The minimum absolute atomic E-state index is 0.278. The van der Waals surface area contributed by atoms with Gasteiger partial charge in [0.05, 0.1) is 6.61 Å². The van der Waals surface area contributed by atoms with Gasteiger partial charge in [0.1, 0.15) is 5.75 Å². The number of nitrogens with two attached hydrogens (primary N) is 1. The molecule has 1 fully saturated rings. The highest BCUT2D eigenvalue weighted by molar-refractivity contribution is 5.53. The van der Waals surface area contributed by atoms with Gasteiger partial charge in [0, 0.05) is 19.1 Å². The van der Waals surface area contributed by atoms with Gasteiger partial charge < -0.3 is 15.8 Å². The molecular weight excluding hydrogens is 306 g/mol. The smallest absolute Gasteiger partial charge is 0.215 e. The summed E-state index contributed by atoms with van der Waals surface area (Å²) in [5.74, 6) is 1.68. The number of anilines is 2. The van der Waals surface area contributed by atoms with E-state index < -0.39 is 0 Å². The molecule has 1 aliphatic heterocycles. The van der Waals surface area contributed by atoms with E-state index in [-0.39, 0.29) is 5.82 Å². The zero-order chi connectivity index (χ0) is 16.8. The van der Waals surface area contributed by atoms with Crippen molar-refractivity contribution in [1.82, 2.24) is 15.2 Å². The van der Waals surface area contributed by atoms with Gasteiger partial charge in [0.15, 0.2) is 0 Å². The second kappa shape index (κ2) is 8.01. The van der Waals surface area contributed by atoms with E-state index in [0.29, 0.717) is 25.0 Å². The van der Waals surface area contributed by atoms with Crippen molar-refractivity contribution < 1.29 is 9.37 Å². The molecule has 3 N–H and O–H groups in total. The third-order valence-corrected chi connectivity index (χ3v) is 4.37. The van der Waals surface area contributed by atoms with E-state index in [1.165, 1.54) is 24.9 Å². The number of benzene rings is 1. The highest BCUT2D eigenvalue weighted by atomic mass is 16.6. The Labute approximate surface area is 142 Å². The van der Waals surface area contributed by atoms with Crippen molar-refractivity contribution >= 4 is 11.6 Å². The number of rotatable bonds is 8. The summed E-state index contributed by atoms with van der Waals surface area (Å²) < 4.78 is 10.4. The highest BCUT2D eigenvalue weighted by Crippen LogP contribution is 2.21. The minimum atomic E-state index is 0.278. The average Bonchev–Trinajstić information content (AvgIpc) is 3.17. The average molecular weight is 331 g/mol. The maximum atomic E-state index is 5.84. The summed E-state index contributed by atoms with van der Waals surface area (Å²) in [5, 5.41) is 10.2. The first kappa shape index (κ1) is 16.6. The molecule has 0 saturated carbocycles. The number of hydrogen-bond donors (Lipinski definition) is 2. The van der Waals surface area contributed by atoms with E-state index in [2.05, 4.69) is 50.3 Å². The third kappa shape index (κ3) is 4.38. The fourth-order valence-electron chi connectivity index (χ4n) is 2.98. The molecule has 0 amide bonds. The number of nitrogens with zero attached hydrogens (tertiary/aromatic N) is 3. The van der Waals surface area contributed by atoms with E-state index in [0.717, 1.165) is 18.7 Å². The molecule has 1 aromatic carbocycles. The number of ether oxygens (including phenoxy) is 1. The largest absolute Gasteiger partial charge is 0.494 e. The molecule has 2 aromatic rings. The van der Waals surface area contributed by atoms with Gasteiger partial charge in [-0.05, 0) is 60.7 Å². The van der Waals surface area contributed by atoms with Crippen LogP contribution in [-0.2, 0) is 6.54 Å². The van der Waals surface area contributed by atoms with Crippen LogP contribution in [0.5, 0.6) is 5.75 Å². The predicted octanol–water partition coefficient (Wildman–Crippen LogP) is 2.52. The molecule has 1 aliphatic rings. The first-order valence-electron chi connectivity index (χ1n) is 8.50. The van der Waals surface area contributed by atoms with Crippen molar-refractivity contribution in [2.75, 3.05) is 30.7 Å². The molecule has 1 unspecified atom stereocenters. The molecule has 0 spiro atoms. The topological polar surface area (TPSA) is 89.4 Å². The van der Waals surface area contributed by atoms with E-state index in [1.54, 1.807) is 0 Å². The Morgan fingerprint density at radius 2 is 2.33 bits per heavy atom. The maximum Gasteiger partial charge on any atom is 0.215 e. The molecule has 0 bridgehead atoms. The fourth-order valence-corrected chi connectivity index (χ4v) is 2.98. The van der Waals surface area contributed by atoms with Gasteiger partial charge in [-0.1, -0.05) is 12.1 Å². The second-order valence-corrected chi connectivity index (χ2v) is 6.24. The molecule has 1 saturated heterocycles.